The molecule has 0 radical (unpaired) electrons. The average molecular weight is 233 g/mol. The van der Waals surface area contributed by atoms with Crippen molar-refractivity contribution in [2.75, 3.05) is 0 Å². The van der Waals surface area contributed by atoms with Crippen LogP contribution in [-0.4, -0.2) is 29.3 Å². The Morgan fingerprint density at radius 3 is 1.46 bits per heavy atom. The van der Waals surface area contributed by atoms with Gasteiger partial charge in [-0.2, -0.15) is 0 Å². The summed E-state index contributed by atoms with van der Waals surface area (Å²) < 4.78 is 29.8. The van der Waals surface area contributed by atoms with E-state index in [1.807, 2.05) is 0 Å². The second-order valence-electron chi connectivity index (χ2n) is 1.18. The van der Waals surface area contributed by atoms with Crippen molar-refractivity contribution in [3.05, 3.63) is 0 Å². The molecule has 7 nitrogen and oxygen atoms in total. The zero-order valence-electron chi connectivity index (χ0n) is 7.17. The van der Waals surface area contributed by atoms with Crippen LogP contribution in [0, 0.1) is 0 Å². The number of rotatable bonds is 6. The first kappa shape index (κ1) is 21.0. The fourth-order valence-corrected chi connectivity index (χ4v) is 0.246. The Kier molecular flexibility index (Phi) is 23.6. The van der Waals surface area contributed by atoms with Crippen molar-refractivity contribution in [2.45, 2.75) is 0 Å². The van der Waals surface area contributed by atoms with Crippen LogP contribution in [0.3, 0.4) is 0 Å². The molecule has 13 heavy (non-hydrogen) atoms. The molecule has 0 aliphatic carbocycles. The van der Waals surface area contributed by atoms with Crippen molar-refractivity contribution in [1.82, 2.24) is 0 Å². The SMILES string of the molecule is O=BOB([O-])OB([O-])OB=O.[K+].[K+]. The first-order valence-electron chi connectivity index (χ1n) is 2.36. The second-order valence-corrected chi connectivity index (χ2v) is 1.18. The minimum Gasteiger partial charge on any atom is 1.00 e. The maximum atomic E-state index is 10.1. The molecule has 0 N–H and O–H groups in total. The molecule has 0 fully saturated rings. The second kappa shape index (κ2) is 14.6. The fraction of sp³-hybridized carbons (Fsp3) is 0. The van der Waals surface area contributed by atoms with E-state index in [2.05, 4.69) is 13.7 Å². The van der Waals surface area contributed by atoms with Crippen molar-refractivity contribution in [1.29, 1.82) is 0 Å². The van der Waals surface area contributed by atoms with Crippen LogP contribution in [0.2, 0.25) is 0 Å². The summed E-state index contributed by atoms with van der Waals surface area (Å²) in [5.41, 5.74) is 0. The molecule has 0 spiro atoms. The van der Waals surface area contributed by atoms with E-state index in [4.69, 9.17) is 0 Å². The summed E-state index contributed by atoms with van der Waals surface area (Å²) >= 11 is 0. The third kappa shape index (κ3) is 14.6. The molecule has 0 aliphatic heterocycles. The molecule has 0 aromatic heterocycles. The van der Waals surface area contributed by atoms with E-state index in [0.29, 0.717) is 0 Å². The molecule has 0 saturated heterocycles. The molecular formula is B4K2O7. The molecule has 0 heterocycles. The van der Waals surface area contributed by atoms with Gasteiger partial charge in [-0.05, 0) is 0 Å². The predicted molar refractivity (Wildman–Crippen MR) is 27.6 cm³/mol. The average Bonchev–Trinajstić information content (AvgIpc) is 1.87. The first-order valence-corrected chi connectivity index (χ1v) is 2.36. The van der Waals surface area contributed by atoms with Crippen LogP contribution in [0.25, 0.3) is 0 Å². The zero-order chi connectivity index (χ0) is 8.69. The minimum absolute atomic E-state index is 0. The molecule has 0 rings (SSSR count). The summed E-state index contributed by atoms with van der Waals surface area (Å²) in [5.74, 6) is 0. The van der Waals surface area contributed by atoms with Crippen molar-refractivity contribution < 1.29 is 136 Å². The summed E-state index contributed by atoms with van der Waals surface area (Å²) in [4.78, 5) is 0. The molecule has 0 bridgehead atoms. The van der Waals surface area contributed by atoms with Gasteiger partial charge in [0.25, 0.3) is 0 Å². The molecule has 0 aromatic carbocycles. The van der Waals surface area contributed by atoms with Crippen molar-refractivity contribution in [3.8, 4) is 0 Å². The van der Waals surface area contributed by atoms with Crippen molar-refractivity contribution >= 4 is 29.3 Å². The van der Waals surface area contributed by atoms with E-state index in [1.165, 1.54) is 0 Å². The normalized spacial score (nSPS) is 6.31. The molecule has 0 unspecified atom stereocenters. The molecule has 0 aromatic rings. The smallest absolute Gasteiger partial charge is 1.00 e. The predicted octanol–water partition coefficient (Wildman–Crippen LogP) is -10.3. The fourth-order valence-electron chi connectivity index (χ4n) is 0.246. The number of hydrogen-bond donors (Lipinski definition) is 0. The maximum absolute atomic E-state index is 10.1. The van der Waals surface area contributed by atoms with E-state index < -0.39 is 14.6 Å². The van der Waals surface area contributed by atoms with Gasteiger partial charge in [-0.1, -0.05) is 0 Å². The van der Waals surface area contributed by atoms with Gasteiger partial charge in [0.05, 0.1) is 0 Å². The van der Waals surface area contributed by atoms with Crippen LogP contribution >= 0.6 is 0 Å². The van der Waals surface area contributed by atoms with Crippen LogP contribution < -0.4 is 113 Å². The summed E-state index contributed by atoms with van der Waals surface area (Å²) in [5, 5.41) is 20.3. The van der Waals surface area contributed by atoms with Crippen LogP contribution in [0.4, 0.5) is 0 Å². The van der Waals surface area contributed by atoms with Crippen LogP contribution in [0.5, 0.6) is 0 Å². The van der Waals surface area contributed by atoms with E-state index in [0.717, 1.165) is 0 Å². The van der Waals surface area contributed by atoms with Gasteiger partial charge in [-0.25, -0.2) is 0 Å². The van der Waals surface area contributed by atoms with E-state index in [-0.39, 0.29) is 117 Å². The summed E-state index contributed by atoms with van der Waals surface area (Å²) in [6.45, 7) is 0. The quantitative estimate of drug-likeness (QED) is 0.419. The Bertz CT molecular complexity index is 118. The Hall–Kier alpha value is 2.61. The summed E-state index contributed by atoms with van der Waals surface area (Å²) in [6.07, 6.45) is 0. The molecule has 56 valence electrons. The maximum Gasteiger partial charge on any atom is 1.00 e. The van der Waals surface area contributed by atoms with Crippen LogP contribution in [-0.2, 0) is 23.1 Å². The van der Waals surface area contributed by atoms with Gasteiger partial charge >= 0.3 is 165 Å². The van der Waals surface area contributed by atoms with Crippen molar-refractivity contribution in [3.63, 3.8) is 0 Å². The molecule has 13 heteroatoms. The van der Waals surface area contributed by atoms with E-state index in [9.17, 15) is 19.5 Å². The zero-order valence-corrected chi connectivity index (χ0v) is 13.4. The van der Waals surface area contributed by atoms with Gasteiger partial charge in [0, 0.05) is 0 Å². The largest absolute Gasteiger partial charge is 1.00 e. The summed E-state index contributed by atoms with van der Waals surface area (Å²) in [7, 11) is -4.92. The van der Waals surface area contributed by atoms with Crippen LogP contribution in [0.15, 0.2) is 0 Å². The Morgan fingerprint density at radius 2 is 1.23 bits per heavy atom. The van der Waals surface area contributed by atoms with Gasteiger partial charge in [0.2, 0.25) is 0 Å². The van der Waals surface area contributed by atoms with E-state index >= 15 is 0 Å². The monoisotopic (exact) mass is 234 g/mol. The Balaban J connectivity index is -0.000000500. The molecular weight excluding hydrogens is 233 g/mol. The third-order valence-corrected chi connectivity index (χ3v) is 0.556. The van der Waals surface area contributed by atoms with Gasteiger partial charge in [0.15, 0.2) is 0 Å². The standard InChI is InChI=1S/B4O7.2K/c5-1-9-3(7)11-4(8)10-2-6;;/q-2;2*+1. The minimum atomic E-state index is -2.27. The number of hydrogen-bond acceptors (Lipinski definition) is 7. The van der Waals surface area contributed by atoms with E-state index in [1.54, 1.807) is 0 Å². The van der Waals surface area contributed by atoms with Crippen LogP contribution in [0.1, 0.15) is 0 Å². The summed E-state index contributed by atoms with van der Waals surface area (Å²) in [6, 6.07) is 0. The van der Waals surface area contributed by atoms with Gasteiger partial charge < -0.3 is 0 Å². The molecule has 0 aliphatic rings. The Labute approximate surface area is 161 Å². The third-order valence-electron chi connectivity index (χ3n) is 0.556. The molecule has 0 saturated carbocycles. The Morgan fingerprint density at radius 1 is 0.923 bits per heavy atom. The first-order chi connectivity index (χ1) is 5.20. The van der Waals surface area contributed by atoms with Gasteiger partial charge in [-0.3, -0.25) is 0 Å². The molecule has 0 amide bonds. The van der Waals surface area contributed by atoms with Gasteiger partial charge in [-0.15, -0.1) is 0 Å². The van der Waals surface area contributed by atoms with Crippen molar-refractivity contribution in [2.24, 2.45) is 0 Å². The molecule has 0 atom stereocenters. The topological polar surface area (TPSA) is 108 Å². The van der Waals surface area contributed by atoms with Gasteiger partial charge in [0.1, 0.15) is 0 Å².